The third-order valence-electron chi connectivity index (χ3n) is 4.83. The van der Waals surface area contributed by atoms with E-state index in [0.29, 0.717) is 6.61 Å². The Hall–Kier alpha value is -0.433. The van der Waals surface area contributed by atoms with Gasteiger partial charge in [-0.3, -0.25) is 0 Å². The fourth-order valence-corrected chi connectivity index (χ4v) is 3.56. The van der Waals surface area contributed by atoms with Crippen molar-refractivity contribution in [3.05, 3.63) is 0 Å². The van der Waals surface area contributed by atoms with Crippen molar-refractivity contribution in [2.45, 2.75) is 83.3 Å². The molecule has 2 rings (SSSR count). The number of carbonyl (C=O) groups is 1. The number of fused-ring (bicyclic) bond motifs is 1. The molecule has 0 aromatic carbocycles. The molecule has 122 valence electrons. The fourth-order valence-electron chi connectivity index (χ4n) is 2.54. The van der Waals surface area contributed by atoms with Crippen LogP contribution in [0.1, 0.15) is 41.5 Å². The normalized spacial score (nSPS) is 35.7. The fraction of sp³-hybridized carbons (Fsp3) is 0.933. The largest absolute Gasteiger partial charge is 0.455 e. The van der Waals surface area contributed by atoms with Gasteiger partial charge in [-0.05, 0) is 38.9 Å². The second-order valence-electron chi connectivity index (χ2n) is 8.16. The first-order chi connectivity index (χ1) is 9.29. The quantitative estimate of drug-likeness (QED) is 0.592. The first-order valence-corrected chi connectivity index (χ1v) is 10.4. The molecule has 0 aliphatic carbocycles. The standard InChI is InChI=1S/C15H28O5Si/c1-13(2,3)21(7,8)17-9-10-11-15(6,12(16)18-10)20-14(4,5)19-11/h10-11H,9H2,1-8H3/t10-,11?,15-/m1/s1. The molecule has 0 radical (unpaired) electrons. The third kappa shape index (κ3) is 2.91. The van der Waals surface area contributed by atoms with Gasteiger partial charge in [-0.2, -0.15) is 0 Å². The minimum Gasteiger partial charge on any atom is -0.455 e. The smallest absolute Gasteiger partial charge is 0.341 e. The summed E-state index contributed by atoms with van der Waals surface area (Å²) in [5.74, 6) is -1.13. The first-order valence-electron chi connectivity index (χ1n) is 7.52. The summed E-state index contributed by atoms with van der Waals surface area (Å²) < 4.78 is 23.3. The molecule has 0 amide bonds. The van der Waals surface area contributed by atoms with Gasteiger partial charge < -0.3 is 18.6 Å². The summed E-state index contributed by atoms with van der Waals surface area (Å²) >= 11 is 0. The molecule has 2 saturated heterocycles. The summed E-state index contributed by atoms with van der Waals surface area (Å²) in [5, 5.41) is 0.116. The van der Waals surface area contributed by atoms with Crippen LogP contribution in [-0.4, -0.2) is 44.5 Å². The lowest BCUT2D eigenvalue weighted by molar-refractivity contribution is -0.198. The maximum Gasteiger partial charge on any atom is 0.341 e. The van der Waals surface area contributed by atoms with E-state index >= 15 is 0 Å². The number of esters is 1. The van der Waals surface area contributed by atoms with Crippen LogP contribution in [0.4, 0.5) is 0 Å². The van der Waals surface area contributed by atoms with E-state index in [9.17, 15) is 4.79 Å². The molecule has 6 heteroatoms. The van der Waals surface area contributed by atoms with Crippen molar-refractivity contribution in [2.75, 3.05) is 6.61 Å². The van der Waals surface area contributed by atoms with Gasteiger partial charge in [0.15, 0.2) is 25.8 Å². The summed E-state index contributed by atoms with van der Waals surface area (Å²) in [6.45, 7) is 16.6. The number of hydrogen-bond donors (Lipinski definition) is 0. The lowest BCUT2D eigenvalue weighted by Gasteiger charge is -2.37. The molecule has 0 aromatic heterocycles. The van der Waals surface area contributed by atoms with E-state index in [0.717, 1.165) is 0 Å². The van der Waals surface area contributed by atoms with Gasteiger partial charge in [0.05, 0.1) is 6.61 Å². The molecule has 0 spiro atoms. The molecule has 2 heterocycles. The lowest BCUT2D eigenvalue weighted by atomic mass is 9.99. The van der Waals surface area contributed by atoms with E-state index in [1.807, 2.05) is 13.8 Å². The predicted octanol–water partition coefficient (Wildman–Crippen LogP) is 2.84. The van der Waals surface area contributed by atoms with Gasteiger partial charge in [-0.1, -0.05) is 20.8 Å². The van der Waals surface area contributed by atoms with Crippen molar-refractivity contribution in [3.8, 4) is 0 Å². The minimum absolute atomic E-state index is 0.116. The summed E-state index contributed by atoms with van der Waals surface area (Å²) in [5.41, 5.74) is -1.02. The highest BCUT2D eigenvalue weighted by atomic mass is 28.4. The Bertz CT molecular complexity index is 440. The van der Waals surface area contributed by atoms with Gasteiger partial charge >= 0.3 is 5.97 Å². The Kier molecular flexibility index (Phi) is 3.85. The van der Waals surface area contributed by atoms with Crippen molar-refractivity contribution in [3.63, 3.8) is 0 Å². The van der Waals surface area contributed by atoms with E-state index in [4.69, 9.17) is 18.6 Å². The summed E-state index contributed by atoms with van der Waals surface area (Å²) in [4.78, 5) is 12.1. The summed E-state index contributed by atoms with van der Waals surface area (Å²) in [6.07, 6.45) is -0.817. The molecular formula is C15H28O5Si. The van der Waals surface area contributed by atoms with Gasteiger partial charge in [0, 0.05) is 0 Å². The first kappa shape index (κ1) is 16.9. The zero-order valence-corrected chi connectivity index (χ0v) is 15.4. The second kappa shape index (κ2) is 4.78. The second-order valence-corrected chi connectivity index (χ2v) is 13.0. The highest BCUT2D eigenvalue weighted by Gasteiger charge is 2.64. The van der Waals surface area contributed by atoms with Gasteiger partial charge in [0.25, 0.3) is 0 Å². The molecule has 0 aromatic rings. The Labute approximate surface area is 128 Å². The SMILES string of the molecule is CC1(C)OC2[C@@H](CO[Si](C)(C)C(C)(C)C)OC(=O)[C@]2(C)O1. The van der Waals surface area contributed by atoms with Crippen LogP contribution in [0.3, 0.4) is 0 Å². The van der Waals surface area contributed by atoms with Gasteiger partial charge in [-0.25, -0.2) is 4.79 Å². The number of rotatable bonds is 3. The Balaban J connectivity index is 2.08. The molecule has 0 bridgehead atoms. The van der Waals surface area contributed by atoms with E-state index in [-0.39, 0.29) is 11.0 Å². The molecule has 0 N–H and O–H groups in total. The number of cyclic esters (lactones) is 1. The van der Waals surface area contributed by atoms with Gasteiger partial charge in [-0.15, -0.1) is 0 Å². The molecule has 3 atom stereocenters. The van der Waals surface area contributed by atoms with Crippen LogP contribution in [0.5, 0.6) is 0 Å². The van der Waals surface area contributed by atoms with Crippen LogP contribution in [0, 0.1) is 0 Å². The van der Waals surface area contributed by atoms with Crippen LogP contribution < -0.4 is 0 Å². The zero-order valence-electron chi connectivity index (χ0n) is 14.4. The van der Waals surface area contributed by atoms with E-state index in [1.54, 1.807) is 6.92 Å². The number of carbonyl (C=O) groups excluding carboxylic acids is 1. The molecule has 2 aliphatic rings. The Morgan fingerprint density at radius 1 is 1.24 bits per heavy atom. The van der Waals surface area contributed by atoms with Crippen molar-refractivity contribution >= 4 is 14.3 Å². The Morgan fingerprint density at radius 3 is 2.33 bits per heavy atom. The molecule has 21 heavy (non-hydrogen) atoms. The topological polar surface area (TPSA) is 54.0 Å². The van der Waals surface area contributed by atoms with Crippen molar-refractivity contribution < 1.29 is 23.4 Å². The average molecular weight is 316 g/mol. The van der Waals surface area contributed by atoms with E-state index in [2.05, 4.69) is 33.9 Å². The van der Waals surface area contributed by atoms with Crippen LogP contribution in [0.15, 0.2) is 0 Å². The molecule has 5 nitrogen and oxygen atoms in total. The summed E-state index contributed by atoms with van der Waals surface area (Å²) in [7, 11) is -1.89. The van der Waals surface area contributed by atoms with Gasteiger partial charge in [0.2, 0.25) is 0 Å². The van der Waals surface area contributed by atoms with E-state index in [1.165, 1.54) is 0 Å². The van der Waals surface area contributed by atoms with Crippen LogP contribution >= 0.6 is 0 Å². The number of ether oxygens (including phenoxy) is 3. The molecule has 2 fully saturated rings. The average Bonchev–Trinajstić information content (AvgIpc) is 2.64. The van der Waals surface area contributed by atoms with E-state index < -0.39 is 31.9 Å². The zero-order chi connectivity index (χ0) is 16.3. The molecule has 1 unspecified atom stereocenters. The van der Waals surface area contributed by atoms with Gasteiger partial charge in [0.1, 0.15) is 6.10 Å². The minimum atomic E-state index is -1.89. The highest BCUT2D eigenvalue weighted by Crippen LogP contribution is 2.44. The van der Waals surface area contributed by atoms with Crippen molar-refractivity contribution in [1.82, 2.24) is 0 Å². The maximum absolute atomic E-state index is 12.1. The predicted molar refractivity (Wildman–Crippen MR) is 81.5 cm³/mol. The van der Waals surface area contributed by atoms with Crippen LogP contribution in [-0.2, 0) is 23.4 Å². The lowest BCUT2D eigenvalue weighted by Crippen LogP contribution is -2.46. The molecule has 2 aliphatic heterocycles. The summed E-state index contributed by atoms with van der Waals surface area (Å²) in [6, 6.07) is 0. The van der Waals surface area contributed by atoms with Crippen LogP contribution in [0.25, 0.3) is 0 Å². The molecule has 0 saturated carbocycles. The highest BCUT2D eigenvalue weighted by molar-refractivity contribution is 6.74. The van der Waals surface area contributed by atoms with Crippen molar-refractivity contribution in [2.24, 2.45) is 0 Å². The molecular weight excluding hydrogens is 288 g/mol. The number of hydrogen-bond acceptors (Lipinski definition) is 5. The monoisotopic (exact) mass is 316 g/mol. The Morgan fingerprint density at radius 2 is 1.81 bits per heavy atom. The third-order valence-corrected chi connectivity index (χ3v) is 9.33. The van der Waals surface area contributed by atoms with Crippen LogP contribution in [0.2, 0.25) is 18.1 Å². The maximum atomic E-state index is 12.1. The van der Waals surface area contributed by atoms with Crippen molar-refractivity contribution in [1.29, 1.82) is 0 Å².